The number of aromatic nitrogens is 1. The minimum absolute atomic E-state index is 0.155. The standard InChI is InChI=1S/C14H24N2O2S/c1-4-11(5-2)9-16(6-3)14-15-12(10-19-14)7-8-13(17)18/h10-11H,4-9H2,1-3H3,(H,17,18). The number of anilines is 1. The Bertz CT molecular complexity index is 389. The van der Waals surface area contributed by atoms with Gasteiger partial charge in [0.2, 0.25) is 0 Å². The van der Waals surface area contributed by atoms with E-state index in [-0.39, 0.29) is 6.42 Å². The number of rotatable bonds is 9. The van der Waals surface area contributed by atoms with Crippen molar-refractivity contribution in [3.8, 4) is 0 Å². The molecule has 1 aromatic rings. The molecule has 0 aromatic carbocycles. The number of hydrogen-bond donors (Lipinski definition) is 1. The van der Waals surface area contributed by atoms with E-state index in [1.165, 1.54) is 12.8 Å². The van der Waals surface area contributed by atoms with Crippen LogP contribution in [0.5, 0.6) is 0 Å². The maximum Gasteiger partial charge on any atom is 0.303 e. The van der Waals surface area contributed by atoms with Gasteiger partial charge in [-0.25, -0.2) is 4.98 Å². The van der Waals surface area contributed by atoms with Gasteiger partial charge in [-0.3, -0.25) is 4.79 Å². The molecule has 0 atom stereocenters. The second-order valence-electron chi connectivity index (χ2n) is 4.74. The minimum Gasteiger partial charge on any atom is -0.481 e. The fraction of sp³-hybridized carbons (Fsp3) is 0.714. The Morgan fingerprint density at radius 1 is 1.42 bits per heavy atom. The summed E-state index contributed by atoms with van der Waals surface area (Å²) in [5, 5.41) is 11.7. The van der Waals surface area contributed by atoms with Crippen molar-refractivity contribution in [1.82, 2.24) is 4.98 Å². The molecule has 1 heterocycles. The number of nitrogens with zero attached hydrogens (tertiary/aromatic N) is 2. The molecule has 0 unspecified atom stereocenters. The van der Waals surface area contributed by atoms with Gasteiger partial charge in [0.25, 0.3) is 0 Å². The van der Waals surface area contributed by atoms with Crippen LogP contribution in [0.3, 0.4) is 0 Å². The number of hydrogen-bond acceptors (Lipinski definition) is 4. The van der Waals surface area contributed by atoms with Crippen molar-refractivity contribution in [2.24, 2.45) is 5.92 Å². The van der Waals surface area contributed by atoms with Gasteiger partial charge >= 0.3 is 5.97 Å². The average molecular weight is 284 g/mol. The number of aryl methyl sites for hydroxylation is 1. The van der Waals surface area contributed by atoms with E-state index in [0.717, 1.165) is 23.9 Å². The van der Waals surface area contributed by atoms with Crippen LogP contribution in [0.2, 0.25) is 0 Å². The summed E-state index contributed by atoms with van der Waals surface area (Å²) in [6, 6.07) is 0. The third-order valence-electron chi connectivity index (χ3n) is 3.42. The molecule has 0 saturated carbocycles. The largest absolute Gasteiger partial charge is 0.481 e. The Morgan fingerprint density at radius 3 is 2.63 bits per heavy atom. The minimum atomic E-state index is -0.765. The molecule has 5 heteroatoms. The number of carboxylic acid groups (broad SMARTS) is 1. The van der Waals surface area contributed by atoms with Gasteiger partial charge in [-0.05, 0) is 12.8 Å². The fourth-order valence-corrected chi connectivity index (χ4v) is 2.93. The van der Waals surface area contributed by atoms with Crippen LogP contribution in [-0.2, 0) is 11.2 Å². The quantitative estimate of drug-likeness (QED) is 0.755. The van der Waals surface area contributed by atoms with Crippen molar-refractivity contribution in [2.75, 3.05) is 18.0 Å². The Morgan fingerprint density at radius 2 is 2.11 bits per heavy atom. The molecule has 1 aromatic heterocycles. The molecule has 1 rings (SSSR count). The normalized spacial score (nSPS) is 10.9. The maximum absolute atomic E-state index is 10.6. The Balaban J connectivity index is 2.63. The van der Waals surface area contributed by atoms with Crippen molar-refractivity contribution < 1.29 is 9.90 Å². The summed E-state index contributed by atoms with van der Waals surface area (Å²) in [5.74, 6) is -0.0646. The fourth-order valence-electron chi connectivity index (χ4n) is 1.99. The van der Waals surface area contributed by atoms with E-state index in [4.69, 9.17) is 5.11 Å². The molecular formula is C14H24N2O2S. The number of aliphatic carboxylic acids is 1. The first-order valence-corrected chi connectivity index (χ1v) is 7.89. The monoisotopic (exact) mass is 284 g/mol. The highest BCUT2D eigenvalue weighted by molar-refractivity contribution is 7.13. The Hall–Kier alpha value is -1.10. The summed E-state index contributed by atoms with van der Waals surface area (Å²) in [7, 11) is 0. The maximum atomic E-state index is 10.6. The molecule has 0 amide bonds. The van der Waals surface area contributed by atoms with Crippen LogP contribution >= 0.6 is 11.3 Å². The Kier molecular flexibility index (Phi) is 6.84. The first-order valence-electron chi connectivity index (χ1n) is 7.01. The lowest BCUT2D eigenvalue weighted by atomic mass is 10.0. The van der Waals surface area contributed by atoms with E-state index < -0.39 is 5.97 Å². The van der Waals surface area contributed by atoms with Gasteiger partial charge in [0.05, 0.1) is 12.1 Å². The highest BCUT2D eigenvalue weighted by Gasteiger charge is 2.14. The molecule has 0 aliphatic heterocycles. The van der Waals surface area contributed by atoms with E-state index in [1.54, 1.807) is 11.3 Å². The first kappa shape index (κ1) is 16.0. The molecule has 0 spiro atoms. The lowest BCUT2D eigenvalue weighted by Gasteiger charge is -2.24. The summed E-state index contributed by atoms with van der Waals surface area (Å²) in [6.07, 6.45) is 3.05. The lowest BCUT2D eigenvalue weighted by molar-refractivity contribution is -0.136. The number of carboxylic acids is 1. The van der Waals surface area contributed by atoms with Gasteiger partial charge in [-0.1, -0.05) is 26.7 Å². The predicted molar refractivity (Wildman–Crippen MR) is 80.0 cm³/mol. The van der Waals surface area contributed by atoms with E-state index in [1.807, 2.05) is 5.38 Å². The second kappa shape index (κ2) is 8.15. The lowest BCUT2D eigenvalue weighted by Crippen LogP contribution is -2.28. The molecule has 0 aliphatic carbocycles. The van der Waals surface area contributed by atoms with Crippen LogP contribution in [0, 0.1) is 5.92 Å². The molecule has 0 fully saturated rings. The van der Waals surface area contributed by atoms with Crippen molar-refractivity contribution in [3.05, 3.63) is 11.1 Å². The van der Waals surface area contributed by atoms with Gasteiger partial charge in [-0.2, -0.15) is 0 Å². The van der Waals surface area contributed by atoms with Crippen molar-refractivity contribution >= 4 is 22.4 Å². The smallest absolute Gasteiger partial charge is 0.303 e. The molecule has 19 heavy (non-hydrogen) atoms. The first-order chi connectivity index (χ1) is 9.10. The summed E-state index contributed by atoms with van der Waals surface area (Å²) in [4.78, 5) is 17.4. The highest BCUT2D eigenvalue weighted by Crippen LogP contribution is 2.23. The van der Waals surface area contributed by atoms with Crippen LogP contribution in [-0.4, -0.2) is 29.1 Å². The van der Waals surface area contributed by atoms with Gasteiger partial charge in [0.15, 0.2) is 5.13 Å². The van der Waals surface area contributed by atoms with E-state index in [2.05, 4.69) is 30.7 Å². The van der Waals surface area contributed by atoms with Gasteiger partial charge in [0, 0.05) is 24.9 Å². The van der Waals surface area contributed by atoms with E-state index in [0.29, 0.717) is 12.3 Å². The molecule has 0 radical (unpaired) electrons. The molecule has 1 N–H and O–H groups in total. The molecule has 108 valence electrons. The van der Waals surface area contributed by atoms with Gasteiger partial charge in [-0.15, -0.1) is 11.3 Å². The zero-order valence-electron chi connectivity index (χ0n) is 12.1. The number of carbonyl (C=O) groups is 1. The van der Waals surface area contributed by atoms with E-state index in [9.17, 15) is 4.79 Å². The predicted octanol–water partition coefficient (Wildman–Crippen LogP) is 3.42. The van der Waals surface area contributed by atoms with Crippen LogP contribution in [0.4, 0.5) is 5.13 Å². The third-order valence-corrected chi connectivity index (χ3v) is 4.37. The van der Waals surface area contributed by atoms with Crippen LogP contribution < -0.4 is 4.90 Å². The highest BCUT2D eigenvalue weighted by atomic mass is 32.1. The van der Waals surface area contributed by atoms with Gasteiger partial charge in [0.1, 0.15) is 0 Å². The molecular weight excluding hydrogens is 260 g/mol. The second-order valence-corrected chi connectivity index (χ2v) is 5.57. The number of thiazole rings is 1. The topological polar surface area (TPSA) is 53.4 Å². The average Bonchev–Trinajstić information content (AvgIpc) is 2.86. The van der Waals surface area contributed by atoms with Crippen LogP contribution in [0.1, 0.15) is 45.7 Å². The van der Waals surface area contributed by atoms with Crippen LogP contribution in [0.25, 0.3) is 0 Å². The summed E-state index contributed by atoms with van der Waals surface area (Å²) in [6.45, 7) is 8.57. The zero-order valence-corrected chi connectivity index (χ0v) is 12.9. The summed E-state index contributed by atoms with van der Waals surface area (Å²) < 4.78 is 0. The summed E-state index contributed by atoms with van der Waals surface area (Å²) in [5.41, 5.74) is 0.894. The third kappa shape index (κ3) is 5.19. The summed E-state index contributed by atoms with van der Waals surface area (Å²) >= 11 is 1.62. The van der Waals surface area contributed by atoms with Crippen molar-refractivity contribution in [1.29, 1.82) is 0 Å². The van der Waals surface area contributed by atoms with Gasteiger partial charge < -0.3 is 10.0 Å². The Labute approximate surface area is 119 Å². The molecule has 4 nitrogen and oxygen atoms in total. The SMILES string of the molecule is CCC(CC)CN(CC)c1nc(CCC(=O)O)cs1. The van der Waals surface area contributed by atoms with Crippen molar-refractivity contribution in [2.45, 2.75) is 46.5 Å². The van der Waals surface area contributed by atoms with E-state index >= 15 is 0 Å². The molecule has 0 saturated heterocycles. The zero-order chi connectivity index (χ0) is 14.3. The van der Waals surface area contributed by atoms with Crippen LogP contribution in [0.15, 0.2) is 5.38 Å². The molecule has 0 aliphatic rings. The molecule has 0 bridgehead atoms. The van der Waals surface area contributed by atoms with Crippen molar-refractivity contribution in [3.63, 3.8) is 0 Å².